The first-order valence-corrected chi connectivity index (χ1v) is 7.15. The normalized spacial score (nSPS) is 12.7. The van der Waals surface area contributed by atoms with Crippen LogP contribution < -0.4 is 4.72 Å². The smallest absolute Gasteiger partial charge is 0.261 e. The zero-order valence-corrected chi connectivity index (χ0v) is 11.2. The Balaban J connectivity index is 2.88. The van der Waals surface area contributed by atoms with Crippen LogP contribution in [0.25, 0.3) is 0 Å². The van der Waals surface area contributed by atoms with Crippen molar-refractivity contribution in [3.05, 3.63) is 24.1 Å². The van der Waals surface area contributed by atoms with Crippen LogP contribution in [0.15, 0.2) is 23.4 Å². The first-order chi connectivity index (χ1) is 8.34. The van der Waals surface area contributed by atoms with Crippen LogP contribution in [-0.2, 0) is 10.0 Å². The van der Waals surface area contributed by atoms with Crippen molar-refractivity contribution < 1.29 is 17.9 Å². The molecule has 0 aliphatic heterocycles. The molecule has 0 saturated carbocycles. The summed E-state index contributed by atoms with van der Waals surface area (Å²) in [4.78, 5) is 3.50. The molecule has 102 valence electrons. The van der Waals surface area contributed by atoms with Crippen molar-refractivity contribution in [3.63, 3.8) is 0 Å². The highest BCUT2D eigenvalue weighted by Crippen LogP contribution is 2.15. The fraction of sp³-hybridized carbons (Fsp3) is 0.545. The second-order valence-electron chi connectivity index (χ2n) is 4.05. The summed E-state index contributed by atoms with van der Waals surface area (Å²) in [6.45, 7) is 3.33. The quantitative estimate of drug-likeness (QED) is 0.814. The topological polar surface area (TPSA) is 79.3 Å². The number of nitrogens with one attached hydrogen (secondary N) is 1. The van der Waals surface area contributed by atoms with Gasteiger partial charge < -0.3 is 5.11 Å². The molecule has 2 N–H and O–H groups in total. The number of hydrogen-bond acceptors (Lipinski definition) is 4. The monoisotopic (exact) mass is 276 g/mol. The SMILES string of the molecule is CCC(O)(CC)CNS(=O)(=O)c1ncccc1F. The lowest BCUT2D eigenvalue weighted by molar-refractivity contribution is 0.0377. The molecule has 5 nitrogen and oxygen atoms in total. The molecule has 1 heterocycles. The number of sulfonamides is 1. The Kier molecular flexibility index (Phi) is 4.78. The standard InChI is InChI=1S/C11H17FN2O3S/c1-3-11(15,4-2)8-14-18(16,17)10-9(12)6-5-7-13-10/h5-7,14-15H,3-4,8H2,1-2H3. The number of hydrogen-bond donors (Lipinski definition) is 2. The van der Waals surface area contributed by atoms with Gasteiger partial charge in [-0.1, -0.05) is 13.8 Å². The number of rotatable bonds is 6. The number of nitrogens with zero attached hydrogens (tertiary/aromatic N) is 1. The molecule has 0 amide bonds. The summed E-state index contributed by atoms with van der Waals surface area (Å²) in [5, 5.41) is 9.31. The molecule has 1 rings (SSSR count). The number of aromatic nitrogens is 1. The molecule has 18 heavy (non-hydrogen) atoms. The number of aliphatic hydroxyl groups is 1. The van der Waals surface area contributed by atoms with E-state index in [2.05, 4.69) is 9.71 Å². The summed E-state index contributed by atoms with van der Waals surface area (Å²) in [5.41, 5.74) is -1.13. The Morgan fingerprint density at radius 1 is 1.44 bits per heavy atom. The van der Waals surface area contributed by atoms with E-state index in [1.807, 2.05) is 0 Å². The van der Waals surface area contributed by atoms with Crippen LogP contribution in [0.1, 0.15) is 26.7 Å². The highest BCUT2D eigenvalue weighted by Gasteiger charge is 2.27. The maximum absolute atomic E-state index is 13.3. The Morgan fingerprint density at radius 3 is 2.56 bits per heavy atom. The summed E-state index contributed by atoms with van der Waals surface area (Å²) < 4.78 is 39.1. The van der Waals surface area contributed by atoms with E-state index in [0.29, 0.717) is 12.8 Å². The van der Waals surface area contributed by atoms with Crippen LogP contribution in [0.4, 0.5) is 4.39 Å². The van der Waals surface area contributed by atoms with Crippen molar-refractivity contribution in [2.45, 2.75) is 37.3 Å². The van der Waals surface area contributed by atoms with Crippen molar-refractivity contribution in [1.29, 1.82) is 0 Å². The van der Waals surface area contributed by atoms with E-state index >= 15 is 0 Å². The van der Waals surface area contributed by atoms with Crippen molar-refractivity contribution >= 4 is 10.0 Å². The molecule has 0 aromatic carbocycles. The fourth-order valence-electron chi connectivity index (χ4n) is 1.37. The van der Waals surface area contributed by atoms with Crippen molar-refractivity contribution in [2.75, 3.05) is 6.54 Å². The van der Waals surface area contributed by atoms with Gasteiger partial charge in [0.15, 0.2) is 5.82 Å². The van der Waals surface area contributed by atoms with Gasteiger partial charge >= 0.3 is 0 Å². The van der Waals surface area contributed by atoms with Crippen LogP contribution in [0, 0.1) is 5.82 Å². The molecule has 0 aliphatic carbocycles. The highest BCUT2D eigenvalue weighted by molar-refractivity contribution is 7.89. The Hall–Kier alpha value is -1.05. The minimum Gasteiger partial charge on any atom is -0.389 e. The first-order valence-electron chi connectivity index (χ1n) is 5.67. The molecule has 0 bridgehead atoms. The molecular formula is C11H17FN2O3S. The van der Waals surface area contributed by atoms with Gasteiger partial charge in [-0.25, -0.2) is 22.5 Å². The van der Waals surface area contributed by atoms with E-state index in [0.717, 1.165) is 6.07 Å². The van der Waals surface area contributed by atoms with E-state index < -0.39 is 26.5 Å². The minimum atomic E-state index is -4.04. The van der Waals surface area contributed by atoms with E-state index in [1.54, 1.807) is 13.8 Å². The lowest BCUT2D eigenvalue weighted by atomic mass is 9.98. The van der Waals surface area contributed by atoms with E-state index in [4.69, 9.17) is 0 Å². The Bertz CT molecular complexity index is 501. The van der Waals surface area contributed by atoms with E-state index in [9.17, 15) is 17.9 Å². The summed E-state index contributed by atoms with van der Waals surface area (Å²) in [6, 6.07) is 2.33. The average Bonchev–Trinajstić information content (AvgIpc) is 2.36. The Labute approximate surface area is 106 Å². The molecule has 0 saturated heterocycles. The third-order valence-corrected chi connectivity index (χ3v) is 4.22. The summed E-state index contributed by atoms with van der Waals surface area (Å²) in [7, 11) is -4.04. The van der Waals surface area contributed by atoms with Gasteiger partial charge in [-0.2, -0.15) is 0 Å². The van der Waals surface area contributed by atoms with E-state index in [-0.39, 0.29) is 6.54 Å². The minimum absolute atomic E-state index is 0.168. The van der Waals surface area contributed by atoms with Gasteiger partial charge in [0, 0.05) is 12.7 Å². The lowest BCUT2D eigenvalue weighted by Gasteiger charge is -2.25. The molecule has 0 atom stereocenters. The van der Waals surface area contributed by atoms with E-state index in [1.165, 1.54) is 12.3 Å². The first kappa shape index (κ1) is 15.0. The molecule has 7 heteroatoms. The third-order valence-electron chi connectivity index (χ3n) is 2.89. The molecule has 0 fully saturated rings. The number of halogens is 1. The van der Waals surface area contributed by atoms with Crippen LogP contribution in [-0.4, -0.2) is 30.7 Å². The predicted octanol–water partition coefficient (Wildman–Crippen LogP) is 1.05. The maximum Gasteiger partial charge on any atom is 0.261 e. The molecule has 0 unspecified atom stereocenters. The largest absolute Gasteiger partial charge is 0.389 e. The third kappa shape index (κ3) is 3.47. The Morgan fingerprint density at radius 2 is 2.06 bits per heavy atom. The molecule has 1 aromatic rings. The van der Waals surface area contributed by atoms with Crippen molar-refractivity contribution in [2.24, 2.45) is 0 Å². The average molecular weight is 276 g/mol. The van der Waals surface area contributed by atoms with Gasteiger partial charge in [-0.3, -0.25) is 0 Å². The van der Waals surface area contributed by atoms with Gasteiger partial charge in [0.1, 0.15) is 0 Å². The summed E-state index contributed by atoms with van der Waals surface area (Å²) >= 11 is 0. The highest BCUT2D eigenvalue weighted by atomic mass is 32.2. The van der Waals surface area contributed by atoms with Crippen LogP contribution in [0.5, 0.6) is 0 Å². The maximum atomic E-state index is 13.3. The van der Waals surface area contributed by atoms with Crippen LogP contribution in [0.3, 0.4) is 0 Å². The van der Waals surface area contributed by atoms with Gasteiger partial charge in [0.05, 0.1) is 5.60 Å². The molecule has 1 aromatic heterocycles. The van der Waals surface area contributed by atoms with Crippen molar-refractivity contribution in [3.8, 4) is 0 Å². The summed E-state index contributed by atoms with van der Waals surface area (Å²) in [5.74, 6) is -0.915. The predicted molar refractivity (Wildman–Crippen MR) is 64.9 cm³/mol. The second-order valence-corrected chi connectivity index (χ2v) is 5.73. The fourth-order valence-corrected chi connectivity index (χ4v) is 2.49. The van der Waals surface area contributed by atoms with Gasteiger partial charge in [-0.15, -0.1) is 0 Å². The van der Waals surface area contributed by atoms with Gasteiger partial charge in [-0.05, 0) is 25.0 Å². The summed E-state index contributed by atoms with van der Waals surface area (Å²) in [6.07, 6.45) is 2.00. The second kappa shape index (κ2) is 5.73. The van der Waals surface area contributed by atoms with Crippen LogP contribution >= 0.6 is 0 Å². The zero-order chi connectivity index (χ0) is 13.8. The molecule has 0 radical (unpaired) electrons. The van der Waals surface area contributed by atoms with Crippen molar-refractivity contribution in [1.82, 2.24) is 9.71 Å². The molecule has 0 aliphatic rings. The van der Waals surface area contributed by atoms with Crippen LogP contribution in [0.2, 0.25) is 0 Å². The van der Waals surface area contributed by atoms with Gasteiger partial charge in [0.2, 0.25) is 5.03 Å². The molecular weight excluding hydrogens is 259 g/mol. The zero-order valence-electron chi connectivity index (χ0n) is 10.4. The number of pyridine rings is 1. The molecule has 0 spiro atoms. The van der Waals surface area contributed by atoms with Gasteiger partial charge in [0.25, 0.3) is 10.0 Å². The lowest BCUT2D eigenvalue weighted by Crippen LogP contribution is -2.42.